The Bertz CT molecular complexity index is 367. The molecule has 19 heavy (non-hydrogen) atoms. The smallest absolute Gasteiger partial charge is 0.0969 e. The predicted molar refractivity (Wildman–Crippen MR) is 79.8 cm³/mol. The number of thioether (sulfide) groups is 1. The molecule has 3 rings (SSSR count). The van der Waals surface area contributed by atoms with Crippen molar-refractivity contribution in [1.29, 1.82) is 5.26 Å². The van der Waals surface area contributed by atoms with Crippen LogP contribution in [0.15, 0.2) is 11.6 Å². The molecule has 0 bridgehead atoms. The lowest BCUT2D eigenvalue weighted by molar-refractivity contribution is 0.407. The summed E-state index contributed by atoms with van der Waals surface area (Å²) in [7, 11) is 0. The standard InChI is InChI=1S/C15H23N3S/c16-10-12(9-11-5-7-17-8-6-11)15-18-13-3-1-2-4-14(13)19-15/h9,11,13-15,17-18H,1-8H2/b12-9+. The van der Waals surface area contributed by atoms with Crippen LogP contribution in [0.1, 0.15) is 38.5 Å². The zero-order valence-electron chi connectivity index (χ0n) is 11.4. The second kappa shape index (κ2) is 6.30. The summed E-state index contributed by atoms with van der Waals surface area (Å²) >= 11 is 2.00. The van der Waals surface area contributed by atoms with Crippen molar-refractivity contribution in [3.05, 3.63) is 11.6 Å². The quantitative estimate of drug-likeness (QED) is 0.761. The molecule has 3 atom stereocenters. The Morgan fingerprint density at radius 2 is 1.95 bits per heavy atom. The lowest BCUT2D eigenvalue weighted by atomic mass is 9.94. The van der Waals surface area contributed by atoms with E-state index in [-0.39, 0.29) is 5.37 Å². The van der Waals surface area contributed by atoms with Gasteiger partial charge in [0.25, 0.3) is 0 Å². The maximum atomic E-state index is 9.46. The third-order valence-electron chi connectivity index (χ3n) is 4.59. The molecule has 2 heterocycles. The normalized spacial score (nSPS) is 36.8. The number of hydrogen-bond donors (Lipinski definition) is 2. The summed E-state index contributed by atoms with van der Waals surface area (Å²) in [6.07, 6.45) is 9.93. The van der Waals surface area contributed by atoms with Crippen molar-refractivity contribution in [3.63, 3.8) is 0 Å². The Kier molecular flexibility index (Phi) is 4.47. The van der Waals surface area contributed by atoms with Gasteiger partial charge in [-0.2, -0.15) is 5.26 Å². The monoisotopic (exact) mass is 277 g/mol. The predicted octanol–water partition coefficient (Wildman–Crippen LogP) is 2.41. The van der Waals surface area contributed by atoms with Gasteiger partial charge >= 0.3 is 0 Å². The van der Waals surface area contributed by atoms with Gasteiger partial charge in [0.2, 0.25) is 0 Å². The van der Waals surface area contributed by atoms with E-state index in [0.29, 0.717) is 12.0 Å². The van der Waals surface area contributed by atoms with Gasteiger partial charge in [-0.3, -0.25) is 5.32 Å². The summed E-state index contributed by atoms with van der Waals surface area (Å²) < 4.78 is 0. The molecule has 3 nitrogen and oxygen atoms in total. The Hall–Kier alpha value is -0.500. The molecule has 0 spiro atoms. The molecular weight excluding hydrogens is 254 g/mol. The molecule has 2 saturated heterocycles. The summed E-state index contributed by atoms with van der Waals surface area (Å²) in [6.45, 7) is 2.19. The van der Waals surface area contributed by atoms with Crippen LogP contribution in [0, 0.1) is 17.2 Å². The molecule has 3 fully saturated rings. The summed E-state index contributed by atoms with van der Waals surface area (Å²) in [4.78, 5) is 0. The second-order valence-electron chi connectivity index (χ2n) is 5.93. The molecular formula is C15H23N3S. The van der Waals surface area contributed by atoms with Crippen LogP contribution in [0.4, 0.5) is 0 Å². The lowest BCUT2D eigenvalue weighted by Crippen LogP contribution is -2.36. The maximum absolute atomic E-state index is 9.46. The molecule has 0 radical (unpaired) electrons. The van der Waals surface area contributed by atoms with Crippen LogP contribution in [-0.2, 0) is 0 Å². The highest BCUT2D eigenvalue weighted by atomic mass is 32.2. The van der Waals surface area contributed by atoms with E-state index in [0.717, 1.165) is 23.9 Å². The van der Waals surface area contributed by atoms with Crippen LogP contribution in [0.5, 0.6) is 0 Å². The largest absolute Gasteiger partial charge is 0.317 e. The van der Waals surface area contributed by atoms with Crippen molar-refractivity contribution < 1.29 is 0 Å². The number of nitrogens with zero attached hydrogens (tertiary/aromatic N) is 1. The van der Waals surface area contributed by atoms with E-state index in [4.69, 9.17) is 0 Å². The fourth-order valence-electron chi connectivity index (χ4n) is 3.47. The molecule has 0 aromatic rings. The topological polar surface area (TPSA) is 47.9 Å². The summed E-state index contributed by atoms with van der Waals surface area (Å²) in [5.74, 6) is 0.598. The van der Waals surface area contributed by atoms with E-state index in [1.54, 1.807) is 0 Å². The molecule has 0 aromatic carbocycles. The highest BCUT2D eigenvalue weighted by Gasteiger charge is 2.37. The highest BCUT2D eigenvalue weighted by molar-refractivity contribution is 8.01. The molecule has 1 saturated carbocycles. The SMILES string of the molecule is N#C/C(=C\C1CCNCC1)C1NC2CCCCC2S1. The van der Waals surface area contributed by atoms with Gasteiger partial charge in [0.05, 0.1) is 17.0 Å². The highest BCUT2D eigenvalue weighted by Crippen LogP contribution is 2.39. The minimum Gasteiger partial charge on any atom is -0.317 e. The van der Waals surface area contributed by atoms with Gasteiger partial charge in [0.15, 0.2) is 0 Å². The summed E-state index contributed by atoms with van der Waals surface area (Å²) in [6, 6.07) is 3.11. The molecule has 3 aliphatic rings. The number of nitriles is 1. The second-order valence-corrected chi connectivity index (χ2v) is 7.28. The van der Waals surface area contributed by atoms with Gasteiger partial charge in [-0.1, -0.05) is 18.9 Å². The zero-order valence-corrected chi connectivity index (χ0v) is 12.2. The summed E-state index contributed by atoms with van der Waals surface area (Å²) in [5, 5.41) is 17.5. The average Bonchev–Trinajstić information content (AvgIpc) is 2.89. The minimum atomic E-state index is 0.257. The van der Waals surface area contributed by atoms with Crippen molar-refractivity contribution in [1.82, 2.24) is 10.6 Å². The zero-order chi connectivity index (χ0) is 13.1. The van der Waals surface area contributed by atoms with Gasteiger partial charge in [-0.15, -0.1) is 11.8 Å². The molecule has 4 heteroatoms. The van der Waals surface area contributed by atoms with Crippen LogP contribution in [-0.4, -0.2) is 29.8 Å². The van der Waals surface area contributed by atoms with Crippen LogP contribution in [0.3, 0.4) is 0 Å². The van der Waals surface area contributed by atoms with E-state index in [1.807, 2.05) is 11.8 Å². The van der Waals surface area contributed by atoms with Gasteiger partial charge < -0.3 is 5.32 Å². The Morgan fingerprint density at radius 1 is 1.16 bits per heavy atom. The maximum Gasteiger partial charge on any atom is 0.0969 e. The molecule has 2 N–H and O–H groups in total. The van der Waals surface area contributed by atoms with Crippen LogP contribution >= 0.6 is 11.8 Å². The first-order chi connectivity index (χ1) is 9.36. The van der Waals surface area contributed by atoms with Gasteiger partial charge in [-0.25, -0.2) is 0 Å². The van der Waals surface area contributed by atoms with Crippen molar-refractivity contribution in [2.75, 3.05) is 13.1 Å². The van der Waals surface area contributed by atoms with Crippen molar-refractivity contribution in [3.8, 4) is 6.07 Å². The fraction of sp³-hybridized carbons (Fsp3) is 0.800. The molecule has 1 aliphatic carbocycles. The Morgan fingerprint density at radius 3 is 2.68 bits per heavy atom. The number of piperidine rings is 1. The number of allylic oxidation sites excluding steroid dienone is 1. The van der Waals surface area contributed by atoms with E-state index >= 15 is 0 Å². The molecule has 104 valence electrons. The van der Waals surface area contributed by atoms with Gasteiger partial charge in [-0.05, 0) is 44.7 Å². The number of fused-ring (bicyclic) bond motifs is 1. The number of nitrogens with one attached hydrogen (secondary N) is 2. The first-order valence-corrected chi connectivity index (χ1v) is 8.55. The van der Waals surface area contributed by atoms with E-state index in [9.17, 15) is 5.26 Å². The first kappa shape index (κ1) is 13.5. The van der Waals surface area contributed by atoms with Crippen LogP contribution in [0.25, 0.3) is 0 Å². The molecule has 0 aromatic heterocycles. The van der Waals surface area contributed by atoms with E-state index < -0.39 is 0 Å². The number of hydrogen-bond acceptors (Lipinski definition) is 4. The van der Waals surface area contributed by atoms with Crippen LogP contribution < -0.4 is 10.6 Å². The van der Waals surface area contributed by atoms with Gasteiger partial charge in [0, 0.05) is 11.3 Å². The molecule has 2 aliphatic heterocycles. The van der Waals surface area contributed by atoms with E-state index in [2.05, 4.69) is 22.8 Å². The third kappa shape index (κ3) is 3.16. The van der Waals surface area contributed by atoms with Crippen molar-refractivity contribution in [2.45, 2.75) is 55.2 Å². The van der Waals surface area contributed by atoms with Crippen molar-refractivity contribution >= 4 is 11.8 Å². The molecule has 0 amide bonds. The third-order valence-corrected chi connectivity index (χ3v) is 6.17. The first-order valence-electron chi connectivity index (χ1n) is 7.61. The van der Waals surface area contributed by atoms with Crippen molar-refractivity contribution in [2.24, 2.45) is 5.92 Å². The average molecular weight is 277 g/mol. The van der Waals surface area contributed by atoms with E-state index in [1.165, 1.54) is 38.5 Å². The van der Waals surface area contributed by atoms with Crippen LogP contribution in [0.2, 0.25) is 0 Å². The minimum absolute atomic E-state index is 0.257. The Balaban J connectivity index is 1.65. The summed E-state index contributed by atoms with van der Waals surface area (Å²) in [5.41, 5.74) is 0.978. The molecule has 3 unspecified atom stereocenters. The Labute approximate surface area is 120 Å². The lowest BCUT2D eigenvalue weighted by Gasteiger charge is -2.23. The fourth-order valence-corrected chi connectivity index (χ4v) is 5.06. The van der Waals surface area contributed by atoms with Gasteiger partial charge in [0.1, 0.15) is 0 Å². The number of rotatable bonds is 2.